The molecule has 0 aromatic heterocycles. The van der Waals surface area contributed by atoms with Crippen LogP contribution < -0.4 is 16.8 Å². The van der Waals surface area contributed by atoms with E-state index in [0.29, 0.717) is 38.8 Å². The van der Waals surface area contributed by atoms with Crippen LogP contribution in [0.2, 0.25) is 0 Å². The predicted molar refractivity (Wildman–Crippen MR) is 96.5 cm³/mol. The molecular weight excluding hydrogens is 370 g/mol. The first kappa shape index (κ1) is 21.6. The van der Waals surface area contributed by atoms with Gasteiger partial charge in [-0.15, -0.1) is 0 Å². The summed E-state index contributed by atoms with van der Waals surface area (Å²) in [7, 11) is 0. The molecule has 4 unspecified atom stereocenters. The van der Waals surface area contributed by atoms with Crippen LogP contribution in [0, 0.1) is 0 Å². The number of nitrogens with one attached hydrogen (secondary N) is 1. The van der Waals surface area contributed by atoms with Crippen LogP contribution >= 0.6 is 0 Å². The van der Waals surface area contributed by atoms with Gasteiger partial charge in [-0.1, -0.05) is 0 Å². The summed E-state index contributed by atoms with van der Waals surface area (Å²) < 4.78 is 0. The average Bonchev–Trinajstić information content (AvgIpc) is 3.29. The third-order valence-electron chi connectivity index (χ3n) is 5.13. The van der Waals surface area contributed by atoms with Crippen LogP contribution in [-0.4, -0.2) is 81.8 Å². The highest BCUT2D eigenvalue weighted by Crippen LogP contribution is 2.25. The Morgan fingerprint density at radius 3 is 2.21 bits per heavy atom. The molecule has 0 aliphatic carbocycles. The van der Waals surface area contributed by atoms with Gasteiger partial charge in [-0.25, -0.2) is 0 Å². The highest BCUT2D eigenvalue weighted by atomic mass is 16.4. The number of nitrogens with two attached hydrogens (primary N) is 2. The first-order valence-corrected chi connectivity index (χ1v) is 9.31. The molecule has 4 amide bonds. The molecule has 2 aliphatic rings. The summed E-state index contributed by atoms with van der Waals surface area (Å²) >= 11 is 0. The van der Waals surface area contributed by atoms with Gasteiger partial charge in [0.05, 0.1) is 12.5 Å². The molecule has 11 heteroatoms. The number of hydrogen-bond acceptors (Lipinski definition) is 6. The Morgan fingerprint density at radius 1 is 1.07 bits per heavy atom. The fourth-order valence-electron chi connectivity index (χ4n) is 3.67. The zero-order valence-corrected chi connectivity index (χ0v) is 15.8. The molecule has 0 saturated carbocycles. The van der Waals surface area contributed by atoms with Crippen LogP contribution in [0.3, 0.4) is 0 Å². The van der Waals surface area contributed by atoms with Gasteiger partial charge in [-0.2, -0.15) is 0 Å². The molecule has 156 valence electrons. The number of carboxylic acids is 1. The Labute approximate surface area is 162 Å². The van der Waals surface area contributed by atoms with E-state index in [4.69, 9.17) is 16.6 Å². The molecule has 0 aromatic rings. The second kappa shape index (κ2) is 9.00. The van der Waals surface area contributed by atoms with Crippen molar-refractivity contribution in [2.75, 3.05) is 13.1 Å². The molecule has 0 bridgehead atoms. The van der Waals surface area contributed by atoms with Gasteiger partial charge in [0.1, 0.15) is 18.1 Å². The minimum absolute atomic E-state index is 0.307. The number of rotatable bonds is 7. The summed E-state index contributed by atoms with van der Waals surface area (Å²) in [6.45, 7) is 2.03. The van der Waals surface area contributed by atoms with Crippen molar-refractivity contribution in [2.24, 2.45) is 11.5 Å². The number of amides is 4. The summed E-state index contributed by atoms with van der Waals surface area (Å²) in [6, 6.07) is -3.70. The zero-order chi connectivity index (χ0) is 21.0. The molecule has 2 heterocycles. The molecule has 0 radical (unpaired) electrons. The molecule has 0 aromatic carbocycles. The largest absolute Gasteiger partial charge is 0.480 e. The average molecular weight is 397 g/mol. The van der Waals surface area contributed by atoms with E-state index in [-0.39, 0.29) is 12.3 Å². The van der Waals surface area contributed by atoms with Crippen molar-refractivity contribution >= 4 is 29.6 Å². The van der Waals surface area contributed by atoms with Crippen molar-refractivity contribution in [1.29, 1.82) is 0 Å². The summed E-state index contributed by atoms with van der Waals surface area (Å²) in [6.07, 6.45) is 1.76. The van der Waals surface area contributed by atoms with Crippen LogP contribution in [0.1, 0.15) is 39.0 Å². The van der Waals surface area contributed by atoms with E-state index >= 15 is 0 Å². The van der Waals surface area contributed by atoms with Gasteiger partial charge in [-0.05, 0) is 32.6 Å². The third-order valence-corrected chi connectivity index (χ3v) is 5.13. The summed E-state index contributed by atoms with van der Waals surface area (Å²) in [5.41, 5.74) is 10.8. The summed E-state index contributed by atoms with van der Waals surface area (Å²) in [5, 5.41) is 11.3. The van der Waals surface area contributed by atoms with Gasteiger partial charge in [0.15, 0.2) is 0 Å². The number of nitrogens with zero attached hydrogens (tertiary/aromatic N) is 2. The lowest BCUT2D eigenvalue weighted by atomic mass is 10.1. The van der Waals surface area contributed by atoms with Crippen molar-refractivity contribution in [1.82, 2.24) is 15.1 Å². The monoisotopic (exact) mass is 397 g/mol. The molecule has 0 spiro atoms. The highest BCUT2D eigenvalue weighted by molar-refractivity contribution is 5.95. The Kier molecular flexibility index (Phi) is 6.95. The Hall–Kier alpha value is -2.69. The molecule has 11 nitrogen and oxygen atoms in total. The molecule has 2 fully saturated rings. The van der Waals surface area contributed by atoms with E-state index in [9.17, 15) is 24.0 Å². The van der Waals surface area contributed by atoms with Gasteiger partial charge < -0.3 is 31.7 Å². The van der Waals surface area contributed by atoms with Gasteiger partial charge in [0, 0.05) is 13.1 Å². The number of carbonyl (C=O) groups excluding carboxylic acids is 4. The van der Waals surface area contributed by atoms with E-state index in [0.717, 1.165) is 0 Å². The molecular formula is C17H27N5O6. The van der Waals surface area contributed by atoms with E-state index in [1.165, 1.54) is 16.7 Å². The zero-order valence-electron chi connectivity index (χ0n) is 15.8. The third kappa shape index (κ3) is 4.77. The van der Waals surface area contributed by atoms with Crippen LogP contribution in [-0.2, 0) is 24.0 Å². The number of aliphatic carboxylic acids is 1. The lowest BCUT2D eigenvalue weighted by molar-refractivity contribution is -0.148. The number of carboxylic acid groups (broad SMARTS) is 1. The summed E-state index contributed by atoms with van der Waals surface area (Å²) in [4.78, 5) is 62.7. The number of likely N-dealkylation sites (tertiary alicyclic amines) is 2. The number of primary amides is 1. The Balaban J connectivity index is 2.08. The van der Waals surface area contributed by atoms with Gasteiger partial charge in [0.25, 0.3) is 0 Å². The van der Waals surface area contributed by atoms with Crippen LogP contribution in [0.25, 0.3) is 0 Å². The van der Waals surface area contributed by atoms with Crippen LogP contribution in [0.4, 0.5) is 0 Å². The van der Waals surface area contributed by atoms with Crippen molar-refractivity contribution in [3.63, 3.8) is 0 Å². The molecule has 2 aliphatic heterocycles. The maximum atomic E-state index is 13.0. The van der Waals surface area contributed by atoms with Crippen LogP contribution in [0.15, 0.2) is 0 Å². The van der Waals surface area contributed by atoms with E-state index in [1.807, 2.05) is 0 Å². The van der Waals surface area contributed by atoms with E-state index < -0.39 is 47.9 Å². The van der Waals surface area contributed by atoms with Gasteiger partial charge in [-0.3, -0.25) is 24.0 Å². The number of hydrogen-bond donors (Lipinski definition) is 4. The normalized spacial score (nSPS) is 23.9. The maximum absolute atomic E-state index is 13.0. The minimum Gasteiger partial charge on any atom is -0.480 e. The Morgan fingerprint density at radius 2 is 1.64 bits per heavy atom. The van der Waals surface area contributed by atoms with E-state index in [1.54, 1.807) is 0 Å². The number of carbonyl (C=O) groups is 5. The smallest absolute Gasteiger partial charge is 0.325 e. The molecule has 2 saturated heterocycles. The second-order valence-corrected chi connectivity index (χ2v) is 7.22. The van der Waals surface area contributed by atoms with Crippen molar-refractivity contribution in [2.45, 2.75) is 63.2 Å². The molecule has 28 heavy (non-hydrogen) atoms. The lowest BCUT2D eigenvalue weighted by Gasteiger charge is -2.32. The predicted octanol–water partition coefficient (Wildman–Crippen LogP) is -2.24. The minimum atomic E-state index is -1.17. The lowest BCUT2D eigenvalue weighted by Crippen LogP contribution is -2.56. The molecule has 4 atom stereocenters. The maximum Gasteiger partial charge on any atom is 0.325 e. The standard InChI is InChI=1S/C17H27N5O6/c1-9(17(27)28)20-14(24)11-4-2-6-21(11)16(26)12-5-3-7-22(12)15(25)10(18)8-13(19)23/h9-12H,2-8,18H2,1H3,(H2,19,23)(H,20,24)(H,27,28). The topological polar surface area (TPSA) is 176 Å². The Bertz CT molecular complexity index is 668. The summed E-state index contributed by atoms with van der Waals surface area (Å²) in [5.74, 6) is -3.28. The van der Waals surface area contributed by atoms with E-state index in [2.05, 4.69) is 5.32 Å². The van der Waals surface area contributed by atoms with Gasteiger partial charge in [0.2, 0.25) is 23.6 Å². The van der Waals surface area contributed by atoms with Crippen molar-refractivity contribution in [3.8, 4) is 0 Å². The van der Waals surface area contributed by atoms with Gasteiger partial charge >= 0.3 is 5.97 Å². The highest BCUT2D eigenvalue weighted by Gasteiger charge is 2.43. The van der Waals surface area contributed by atoms with Crippen molar-refractivity contribution in [3.05, 3.63) is 0 Å². The fraction of sp³-hybridized carbons (Fsp3) is 0.706. The fourth-order valence-corrected chi connectivity index (χ4v) is 3.67. The van der Waals surface area contributed by atoms with Crippen LogP contribution in [0.5, 0.6) is 0 Å². The quantitative estimate of drug-likeness (QED) is 0.375. The molecule has 2 rings (SSSR count). The first-order chi connectivity index (χ1) is 13.1. The van der Waals surface area contributed by atoms with Crippen molar-refractivity contribution < 1.29 is 29.1 Å². The first-order valence-electron chi connectivity index (χ1n) is 9.31. The second-order valence-electron chi connectivity index (χ2n) is 7.22. The SMILES string of the molecule is CC(NC(=O)C1CCCN1C(=O)C1CCCN1C(=O)C(N)CC(N)=O)C(=O)O. The molecule has 6 N–H and O–H groups in total.